The van der Waals surface area contributed by atoms with E-state index in [4.69, 9.17) is 0 Å². The summed E-state index contributed by atoms with van der Waals surface area (Å²) >= 11 is 1.41. The van der Waals surface area contributed by atoms with Gasteiger partial charge in [0.15, 0.2) is 4.80 Å². The van der Waals surface area contributed by atoms with Gasteiger partial charge in [0, 0.05) is 13.1 Å². The second kappa shape index (κ2) is 7.81. The third-order valence-electron chi connectivity index (χ3n) is 5.02. The zero-order valence-corrected chi connectivity index (χ0v) is 17.4. The van der Waals surface area contributed by atoms with Crippen molar-refractivity contribution in [1.29, 1.82) is 0 Å². The van der Waals surface area contributed by atoms with Crippen LogP contribution in [0.4, 0.5) is 4.39 Å². The smallest absolute Gasteiger partial charge is 0.266 e. The van der Waals surface area contributed by atoms with Crippen molar-refractivity contribution in [2.45, 2.75) is 37.2 Å². The van der Waals surface area contributed by atoms with Crippen LogP contribution in [0.2, 0.25) is 0 Å². The van der Waals surface area contributed by atoms with E-state index in [1.165, 1.54) is 27.8 Å². The minimum Gasteiger partial charge on any atom is -0.317 e. The monoisotopic (exact) mass is 433 g/mol. The summed E-state index contributed by atoms with van der Waals surface area (Å²) < 4.78 is 43.3. The second-order valence-corrected chi connectivity index (χ2v) is 9.67. The van der Waals surface area contributed by atoms with Crippen molar-refractivity contribution in [3.05, 3.63) is 59.1 Å². The van der Waals surface area contributed by atoms with Gasteiger partial charge in [0.25, 0.3) is 5.91 Å². The minimum atomic E-state index is -3.90. The van der Waals surface area contributed by atoms with E-state index in [0.29, 0.717) is 24.2 Å². The van der Waals surface area contributed by atoms with Gasteiger partial charge in [-0.3, -0.25) is 4.79 Å². The van der Waals surface area contributed by atoms with E-state index in [2.05, 4.69) is 4.99 Å². The molecule has 2 heterocycles. The Balaban J connectivity index is 1.70. The number of aryl methyl sites for hydroxylation is 1. The van der Waals surface area contributed by atoms with E-state index in [1.807, 2.05) is 35.8 Å². The summed E-state index contributed by atoms with van der Waals surface area (Å²) in [5.74, 6) is -0.983. The second-order valence-electron chi connectivity index (χ2n) is 6.77. The summed E-state index contributed by atoms with van der Waals surface area (Å²) in [5.41, 5.74) is 0.994. The lowest BCUT2D eigenvalue weighted by atomic mass is 10.2. The molecule has 152 valence electrons. The highest BCUT2D eigenvalue weighted by Gasteiger charge is 2.39. The third kappa shape index (κ3) is 3.65. The number of halogens is 1. The van der Waals surface area contributed by atoms with Gasteiger partial charge in [-0.15, -0.1) is 0 Å². The SMILES string of the molecule is CCn1c(=NC(=O)C2CCCN2S(=O)(=O)c2ccc(F)cc2)sc2ccccc21. The van der Waals surface area contributed by atoms with Crippen LogP contribution in [0.3, 0.4) is 0 Å². The van der Waals surface area contributed by atoms with E-state index in [-0.39, 0.29) is 11.4 Å². The number of hydrogen-bond acceptors (Lipinski definition) is 4. The minimum absolute atomic E-state index is 0.0240. The summed E-state index contributed by atoms with van der Waals surface area (Å²) in [5, 5.41) is 0. The fraction of sp³-hybridized carbons (Fsp3) is 0.300. The van der Waals surface area contributed by atoms with Crippen LogP contribution in [-0.2, 0) is 21.4 Å². The molecule has 1 aromatic heterocycles. The number of nitrogens with zero attached hydrogens (tertiary/aromatic N) is 3. The molecule has 4 rings (SSSR count). The number of sulfonamides is 1. The van der Waals surface area contributed by atoms with Crippen LogP contribution in [-0.4, -0.2) is 35.8 Å². The van der Waals surface area contributed by atoms with Crippen molar-refractivity contribution in [3.63, 3.8) is 0 Å². The zero-order chi connectivity index (χ0) is 20.6. The van der Waals surface area contributed by atoms with Gasteiger partial charge in [0.05, 0.1) is 15.1 Å². The molecule has 0 aliphatic carbocycles. The van der Waals surface area contributed by atoms with Gasteiger partial charge in [-0.2, -0.15) is 9.30 Å². The molecule has 2 aromatic carbocycles. The maximum absolute atomic E-state index is 13.2. The number of para-hydroxylation sites is 1. The molecule has 1 atom stereocenters. The number of benzene rings is 2. The first-order chi connectivity index (χ1) is 13.9. The van der Waals surface area contributed by atoms with Gasteiger partial charge in [0.2, 0.25) is 10.0 Å². The van der Waals surface area contributed by atoms with E-state index >= 15 is 0 Å². The molecule has 1 aliphatic heterocycles. The molecule has 3 aromatic rings. The Kier molecular flexibility index (Phi) is 5.37. The Morgan fingerprint density at radius 3 is 2.66 bits per heavy atom. The number of aromatic nitrogens is 1. The lowest BCUT2D eigenvalue weighted by Crippen LogP contribution is -2.40. The predicted octanol–water partition coefficient (Wildman–Crippen LogP) is 3.14. The third-order valence-corrected chi connectivity index (χ3v) is 8.00. The molecular weight excluding hydrogens is 413 g/mol. The Labute approximate surface area is 172 Å². The van der Waals surface area contributed by atoms with Crippen molar-refractivity contribution in [2.75, 3.05) is 6.54 Å². The van der Waals surface area contributed by atoms with Crippen LogP contribution >= 0.6 is 11.3 Å². The molecule has 1 amide bonds. The Morgan fingerprint density at radius 2 is 1.93 bits per heavy atom. The van der Waals surface area contributed by atoms with Gasteiger partial charge >= 0.3 is 0 Å². The number of thiazole rings is 1. The Bertz CT molecular complexity index is 1230. The molecule has 0 N–H and O–H groups in total. The molecular formula is C20H20FN3O3S2. The van der Waals surface area contributed by atoms with Gasteiger partial charge < -0.3 is 4.57 Å². The number of fused-ring (bicyclic) bond motifs is 1. The topological polar surface area (TPSA) is 71.7 Å². The number of hydrogen-bond donors (Lipinski definition) is 0. The van der Waals surface area contributed by atoms with E-state index in [9.17, 15) is 17.6 Å². The van der Waals surface area contributed by atoms with Gasteiger partial charge in [-0.25, -0.2) is 12.8 Å². The number of carbonyl (C=O) groups is 1. The van der Waals surface area contributed by atoms with Gasteiger partial charge in [-0.1, -0.05) is 23.5 Å². The van der Waals surface area contributed by atoms with Crippen LogP contribution < -0.4 is 4.80 Å². The van der Waals surface area contributed by atoms with Crippen LogP contribution in [0.5, 0.6) is 0 Å². The van der Waals surface area contributed by atoms with Crippen molar-refractivity contribution in [3.8, 4) is 0 Å². The maximum atomic E-state index is 13.2. The summed E-state index contributed by atoms with van der Waals surface area (Å²) in [6.07, 6.45) is 0.992. The van der Waals surface area contributed by atoms with Crippen LogP contribution in [0.25, 0.3) is 10.2 Å². The summed E-state index contributed by atoms with van der Waals surface area (Å²) in [6, 6.07) is 11.6. The fourth-order valence-electron chi connectivity index (χ4n) is 3.60. The van der Waals surface area contributed by atoms with Gasteiger partial charge in [0.1, 0.15) is 11.9 Å². The van der Waals surface area contributed by atoms with Crippen molar-refractivity contribution in [1.82, 2.24) is 8.87 Å². The van der Waals surface area contributed by atoms with Crippen LogP contribution in [0.1, 0.15) is 19.8 Å². The standard InChI is InChI=1S/C20H20FN3O3S2/c1-2-23-16-6-3-4-8-18(16)28-20(23)22-19(25)17-7-5-13-24(17)29(26,27)15-11-9-14(21)10-12-15/h3-4,6,8-12,17H,2,5,7,13H2,1H3. The van der Waals surface area contributed by atoms with Crippen LogP contribution in [0, 0.1) is 5.82 Å². The van der Waals surface area contributed by atoms with E-state index < -0.39 is 27.8 Å². The average molecular weight is 434 g/mol. The molecule has 1 fully saturated rings. The quantitative estimate of drug-likeness (QED) is 0.635. The highest BCUT2D eigenvalue weighted by Crippen LogP contribution is 2.27. The molecule has 29 heavy (non-hydrogen) atoms. The molecule has 0 radical (unpaired) electrons. The number of amides is 1. The van der Waals surface area contributed by atoms with Crippen molar-refractivity contribution < 1.29 is 17.6 Å². The predicted molar refractivity (Wildman–Crippen MR) is 109 cm³/mol. The largest absolute Gasteiger partial charge is 0.317 e. The maximum Gasteiger partial charge on any atom is 0.266 e. The number of rotatable bonds is 4. The molecule has 1 unspecified atom stereocenters. The normalized spacial score (nSPS) is 18.6. The van der Waals surface area contributed by atoms with Crippen molar-refractivity contribution in [2.24, 2.45) is 4.99 Å². The molecule has 1 aliphatic rings. The first kappa shape index (κ1) is 19.9. The zero-order valence-electron chi connectivity index (χ0n) is 15.8. The molecule has 1 saturated heterocycles. The van der Waals surface area contributed by atoms with E-state index in [0.717, 1.165) is 22.3 Å². The number of carbonyl (C=O) groups excluding carboxylic acids is 1. The summed E-state index contributed by atoms with van der Waals surface area (Å²) in [7, 11) is -3.90. The van der Waals surface area contributed by atoms with E-state index in [1.54, 1.807) is 0 Å². The fourth-order valence-corrected chi connectivity index (χ4v) is 6.35. The molecule has 0 bridgehead atoms. The average Bonchev–Trinajstić information content (AvgIpc) is 3.33. The molecule has 0 saturated carbocycles. The molecule has 9 heteroatoms. The Morgan fingerprint density at radius 1 is 1.21 bits per heavy atom. The highest BCUT2D eigenvalue weighted by molar-refractivity contribution is 7.89. The first-order valence-electron chi connectivity index (χ1n) is 9.36. The Hall–Kier alpha value is -2.36. The molecule has 0 spiro atoms. The molecule has 6 nitrogen and oxygen atoms in total. The van der Waals surface area contributed by atoms with Gasteiger partial charge in [-0.05, 0) is 56.2 Å². The lowest BCUT2D eigenvalue weighted by Gasteiger charge is -2.21. The van der Waals surface area contributed by atoms with Crippen LogP contribution in [0.15, 0.2) is 58.4 Å². The summed E-state index contributed by atoms with van der Waals surface area (Å²) in [6.45, 7) is 2.87. The highest BCUT2D eigenvalue weighted by atomic mass is 32.2. The first-order valence-corrected chi connectivity index (χ1v) is 11.6. The van der Waals surface area contributed by atoms with Crippen molar-refractivity contribution >= 4 is 37.5 Å². The summed E-state index contributed by atoms with van der Waals surface area (Å²) in [4.78, 5) is 17.8. The lowest BCUT2D eigenvalue weighted by molar-refractivity contribution is -0.121.